The van der Waals surface area contributed by atoms with Crippen LogP contribution in [0, 0.1) is 19.8 Å². The van der Waals surface area contributed by atoms with Crippen LogP contribution < -0.4 is 4.90 Å². The fraction of sp³-hybridized carbons (Fsp3) is 0.526. The third-order valence-electron chi connectivity index (χ3n) is 5.84. The number of para-hydroxylation sites is 1. The first-order valence-corrected chi connectivity index (χ1v) is 8.72. The van der Waals surface area contributed by atoms with Gasteiger partial charge in [-0.05, 0) is 45.7 Å². The van der Waals surface area contributed by atoms with Crippen LogP contribution in [-0.4, -0.2) is 45.4 Å². The molecule has 0 radical (unpaired) electrons. The minimum absolute atomic E-state index is 0.0751. The van der Waals surface area contributed by atoms with Gasteiger partial charge in [0, 0.05) is 18.0 Å². The van der Waals surface area contributed by atoms with E-state index in [1.807, 2.05) is 57.8 Å². The molecule has 0 unspecified atom stereocenters. The van der Waals surface area contributed by atoms with Gasteiger partial charge in [0.05, 0.1) is 11.6 Å². The smallest absolute Gasteiger partial charge is 0.259 e. The fourth-order valence-corrected chi connectivity index (χ4v) is 4.92. The molecule has 3 saturated heterocycles. The molecule has 0 aliphatic carbocycles. The first-order chi connectivity index (χ1) is 11.7. The van der Waals surface area contributed by atoms with Gasteiger partial charge in [0.1, 0.15) is 6.04 Å². The minimum atomic E-state index is -0.712. The number of rotatable bonds is 1. The molecule has 0 spiro atoms. The molecule has 3 fully saturated rings. The predicted octanol–water partition coefficient (Wildman–Crippen LogP) is 1.79. The van der Waals surface area contributed by atoms with Gasteiger partial charge in [-0.2, -0.15) is 0 Å². The van der Waals surface area contributed by atoms with Gasteiger partial charge >= 0.3 is 0 Å². The Labute approximate surface area is 147 Å². The van der Waals surface area contributed by atoms with Gasteiger partial charge in [0.25, 0.3) is 5.91 Å². The number of anilines is 1. The molecule has 3 heterocycles. The lowest BCUT2D eigenvalue weighted by Crippen LogP contribution is -2.51. The quantitative estimate of drug-likeness (QED) is 0.731. The lowest BCUT2D eigenvalue weighted by molar-refractivity contribution is -0.146. The van der Waals surface area contributed by atoms with Crippen molar-refractivity contribution in [3.8, 4) is 0 Å². The molecule has 0 saturated carbocycles. The molecule has 25 heavy (non-hydrogen) atoms. The van der Waals surface area contributed by atoms with E-state index in [4.69, 9.17) is 0 Å². The highest BCUT2D eigenvalue weighted by Gasteiger charge is 2.66. The molecule has 3 aliphatic rings. The zero-order chi connectivity index (χ0) is 18.3. The number of imide groups is 1. The molecule has 3 atom stereocenters. The van der Waals surface area contributed by atoms with Crippen LogP contribution in [0.5, 0.6) is 0 Å². The molecule has 6 heteroatoms. The number of fused-ring (bicyclic) bond motifs is 3. The maximum Gasteiger partial charge on any atom is 0.259 e. The summed E-state index contributed by atoms with van der Waals surface area (Å²) in [6, 6.07) is 4.82. The SMILES string of the molecule is Cc1cccc(C)c1N1C(=O)[C@H]2[C@@H](C)N3N(C(=O)CC3(C)C)[C@H]2C1=O. The number of amides is 3. The Morgan fingerprint density at radius 2 is 1.64 bits per heavy atom. The van der Waals surface area contributed by atoms with E-state index in [-0.39, 0.29) is 29.3 Å². The van der Waals surface area contributed by atoms with Gasteiger partial charge in [-0.25, -0.2) is 9.91 Å². The monoisotopic (exact) mass is 341 g/mol. The Balaban J connectivity index is 1.81. The third-order valence-corrected chi connectivity index (χ3v) is 5.84. The van der Waals surface area contributed by atoms with Crippen LogP contribution >= 0.6 is 0 Å². The van der Waals surface area contributed by atoms with Gasteiger partial charge < -0.3 is 0 Å². The number of hydrogen-bond donors (Lipinski definition) is 0. The zero-order valence-electron chi connectivity index (χ0n) is 15.2. The van der Waals surface area contributed by atoms with E-state index in [0.29, 0.717) is 12.1 Å². The van der Waals surface area contributed by atoms with Crippen molar-refractivity contribution >= 4 is 23.4 Å². The van der Waals surface area contributed by atoms with Gasteiger partial charge in [-0.3, -0.25) is 19.4 Å². The average Bonchev–Trinajstić information content (AvgIpc) is 3.04. The van der Waals surface area contributed by atoms with Gasteiger partial charge in [0.2, 0.25) is 11.8 Å². The Morgan fingerprint density at radius 3 is 2.24 bits per heavy atom. The molecular weight excluding hydrogens is 318 g/mol. The number of hydrogen-bond acceptors (Lipinski definition) is 4. The third kappa shape index (κ3) is 1.91. The Morgan fingerprint density at radius 1 is 1.04 bits per heavy atom. The molecule has 1 aromatic carbocycles. The fourth-order valence-electron chi connectivity index (χ4n) is 4.92. The zero-order valence-corrected chi connectivity index (χ0v) is 15.2. The van der Waals surface area contributed by atoms with E-state index < -0.39 is 12.0 Å². The van der Waals surface area contributed by atoms with Crippen LogP contribution in [0.25, 0.3) is 0 Å². The number of hydrazine groups is 1. The van der Waals surface area contributed by atoms with Gasteiger partial charge in [-0.15, -0.1) is 0 Å². The van der Waals surface area contributed by atoms with Crippen LogP contribution in [-0.2, 0) is 14.4 Å². The first kappa shape index (κ1) is 16.3. The maximum absolute atomic E-state index is 13.2. The van der Waals surface area contributed by atoms with Crippen molar-refractivity contribution in [2.45, 2.75) is 58.7 Å². The minimum Gasteiger partial charge on any atom is -0.274 e. The highest BCUT2D eigenvalue weighted by molar-refractivity contribution is 6.25. The molecular formula is C19H23N3O3. The van der Waals surface area contributed by atoms with Crippen molar-refractivity contribution in [3.63, 3.8) is 0 Å². The van der Waals surface area contributed by atoms with E-state index in [1.165, 1.54) is 4.90 Å². The van der Waals surface area contributed by atoms with Crippen molar-refractivity contribution in [3.05, 3.63) is 29.3 Å². The second-order valence-corrected chi connectivity index (χ2v) is 8.04. The molecule has 1 aromatic rings. The Bertz CT molecular complexity index is 796. The highest BCUT2D eigenvalue weighted by atomic mass is 16.2. The summed E-state index contributed by atoms with van der Waals surface area (Å²) in [7, 11) is 0. The molecule has 3 amide bonds. The van der Waals surface area contributed by atoms with Gasteiger partial charge in [-0.1, -0.05) is 18.2 Å². The van der Waals surface area contributed by atoms with Crippen LogP contribution in [0.15, 0.2) is 18.2 Å². The first-order valence-electron chi connectivity index (χ1n) is 8.72. The second kappa shape index (κ2) is 4.91. The standard InChI is InChI=1S/C19H23N3O3/c1-10-7-6-8-11(2)15(10)20-17(24)14-12(3)22-19(4,5)9-13(23)21(22)16(14)18(20)25/h6-8,12,14,16H,9H2,1-5H3/t12-,14+,16-/m1/s1. The number of carbonyl (C=O) groups is 3. The number of aryl methyl sites for hydroxylation is 2. The van der Waals surface area contributed by atoms with E-state index in [2.05, 4.69) is 0 Å². The highest BCUT2D eigenvalue weighted by Crippen LogP contribution is 2.48. The summed E-state index contributed by atoms with van der Waals surface area (Å²) in [4.78, 5) is 40.3. The molecule has 132 valence electrons. The van der Waals surface area contributed by atoms with Gasteiger partial charge in [0.15, 0.2) is 0 Å². The predicted molar refractivity (Wildman–Crippen MR) is 92.5 cm³/mol. The van der Waals surface area contributed by atoms with Crippen molar-refractivity contribution < 1.29 is 14.4 Å². The van der Waals surface area contributed by atoms with Crippen molar-refractivity contribution in [2.24, 2.45) is 5.92 Å². The maximum atomic E-state index is 13.2. The molecule has 4 rings (SSSR count). The van der Waals surface area contributed by atoms with Crippen LogP contribution in [0.4, 0.5) is 5.69 Å². The molecule has 3 aliphatic heterocycles. The summed E-state index contributed by atoms with van der Waals surface area (Å²) in [5, 5.41) is 3.51. The summed E-state index contributed by atoms with van der Waals surface area (Å²) < 4.78 is 0. The van der Waals surface area contributed by atoms with Crippen molar-refractivity contribution in [1.29, 1.82) is 0 Å². The summed E-state index contributed by atoms with van der Waals surface area (Å²) >= 11 is 0. The average molecular weight is 341 g/mol. The number of nitrogens with zero attached hydrogens (tertiary/aromatic N) is 3. The molecule has 0 N–H and O–H groups in total. The van der Waals surface area contributed by atoms with E-state index in [9.17, 15) is 14.4 Å². The van der Waals surface area contributed by atoms with Crippen LogP contribution in [0.3, 0.4) is 0 Å². The van der Waals surface area contributed by atoms with E-state index >= 15 is 0 Å². The lowest BCUT2D eigenvalue weighted by atomic mass is 9.92. The number of carbonyl (C=O) groups excluding carboxylic acids is 3. The molecule has 0 aromatic heterocycles. The van der Waals surface area contributed by atoms with Crippen molar-refractivity contribution in [1.82, 2.24) is 10.0 Å². The Kier molecular flexibility index (Phi) is 3.20. The Hall–Kier alpha value is -2.21. The summed E-state index contributed by atoms with van der Waals surface area (Å²) in [6.07, 6.45) is 0.366. The lowest BCUT2D eigenvalue weighted by Gasteiger charge is -2.36. The topological polar surface area (TPSA) is 60.9 Å². The summed E-state index contributed by atoms with van der Waals surface area (Å²) in [6.45, 7) is 9.71. The van der Waals surface area contributed by atoms with E-state index in [1.54, 1.807) is 5.01 Å². The second-order valence-electron chi connectivity index (χ2n) is 8.04. The largest absolute Gasteiger partial charge is 0.274 e. The number of benzene rings is 1. The van der Waals surface area contributed by atoms with Crippen LogP contribution in [0.1, 0.15) is 38.3 Å². The van der Waals surface area contributed by atoms with Crippen LogP contribution in [0.2, 0.25) is 0 Å². The molecule has 6 nitrogen and oxygen atoms in total. The summed E-state index contributed by atoms with van der Waals surface area (Å²) in [5.41, 5.74) is 2.07. The van der Waals surface area contributed by atoms with Crippen molar-refractivity contribution in [2.75, 3.05) is 4.90 Å². The van der Waals surface area contributed by atoms with E-state index in [0.717, 1.165) is 11.1 Å². The summed E-state index contributed by atoms with van der Waals surface area (Å²) in [5.74, 6) is -1.06. The normalized spacial score (nSPS) is 31.1. The molecule has 0 bridgehead atoms.